The van der Waals surface area contributed by atoms with Crippen LogP contribution in [0.2, 0.25) is 0 Å². The second-order valence-corrected chi connectivity index (χ2v) is 4.26. The van der Waals surface area contributed by atoms with E-state index in [2.05, 4.69) is 15.5 Å². The van der Waals surface area contributed by atoms with Gasteiger partial charge in [0.25, 0.3) is 0 Å². The summed E-state index contributed by atoms with van der Waals surface area (Å²) in [7, 11) is 0. The van der Waals surface area contributed by atoms with Gasteiger partial charge in [-0.15, -0.1) is 0 Å². The number of nitrogens with zero attached hydrogens (tertiary/aromatic N) is 1. The monoisotopic (exact) mass is 197 g/mol. The van der Waals surface area contributed by atoms with Crippen molar-refractivity contribution >= 4 is 5.91 Å². The molecule has 0 aromatic carbocycles. The van der Waals surface area contributed by atoms with Crippen molar-refractivity contribution in [1.82, 2.24) is 15.5 Å². The standard InChI is InChI=1S/C10H19N3O/c1-8-10(14)12-5-6-13(8)7-9-3-2-4-11-9/h8-9,11H,2-7H2,1H3,(H,12,14)/t8?,9-/m1/s1. The van der Waals surface area contributed by atoms with Crippen LogP contribution in [0.3, 0.4) is 0 Å². The molecule has 2 aliphatic rings. The Morgan fingerprint density at radius 1 is 1.50 bits per heavy atom. The molecule has 0 spiro atoms. The number of rotatable bonds is 2. The number of hydrogen-bond acceptors (Lipinski definition) is 3. The summed E-state index contributed by atoms with van der Waals surface area (Å²) in [5, 5.41) is 6.35. The van der Waals surface area contributed by atoms with Crippen molar-refractivity contribution in [2.24, 2.45) is 0 Å². The van der Waals surface area contributed by atoms with E-state index in [0.29, 0.717) is 6.04 Å². The SMILES string of the molecule is CC1C(=O)NCCN1C[C@H]1CCCN1. The largest absolute Gasteiger partial charge is 0.353 e. The van der Waals surface area contributed by atoms with Crippen molar-refractivity contribution in [2.45, 2.75) is 31.8 Å². The molecule has 2 saturated heterocycles. The Labute approximate surface area is 85.0 Å². The minimum atomic E-state index is 0.0474. The lowest BCUT2D eigenvalue weighted by Crippen LogP contribution is -2.56. The lowest BCUT2D eigenvalue weighted by molar-refractivity contribution is -0.128. The van der Waals surface area contributed by atoms with Gasteiger partial charge in [-0.1, -0.05) is 0 Å². The number of nitrogens with one attached hydrogen (secondary N) is 2. The highest BCUT2D eigenvalue weighted by Crippen LogP contribution is 2.10. The fourth-order valence-electron chi connectivity index (χ4n) is 2.27. The van der Waals surface area contributed by atoms with Crippen molar-refractivity contribution in [3.05, 3.63) is 0 Å². The van der Waals surface area contributed by atoms with E-state index < -0.39 is 0 Å². The average Bonchev–Trinajstić information content (AvgIpc) is 2.66. The van der Waals surface area contributed by atoms with Crippen LogP contribution in [0, 0.1) is 0 Å². The maximum Gasteiger partial charge on any atom is 0.237 e. The molecule has 80 valence electrons. The van der Waals surface area contributed by atoms with Gasteiger partial charge in [0.05, 0.1) is 6.04 Å². The second-order valence-electron chi connectivity index (χ2n) is 4.26. The highest BCUT2D eigenvalue weighted by Gasteiger charge is 2.27. The molecular formula is C10H19N3O. The van der Waals surface area contributed by atoms with Crippen LogP contribution in [-0.2, 0) is 4.79 Å². The molecule has 2 aliphatic heterocycles. The Kier molecular flexibility index (Phi) is 3.03. The molecule has 2 rings (SSSR count). The first-order valence-corrected chi connectivity index (χ1v) is 5.52. The molecule has 2 atom stereocenters. The van der Waals surface area contributed by atoms with E-state index in [4.69, 9.17) is 0 Å². The Morgan fingerprint density at radius 2 is 2.36 bits per heavy atom. The van der Waals surface area contributed by atoms with Gasteiger partial charge in [-0.2, -0.15) is 0 Å². The number of hydrogen-bond donors (Lipinski definition) is 2. The third kappa shape index (κ3) is 2.07. The Morgan fingerprint density at radius 3 is 3.07 bits per heavy atom. The molecule has 4 nitrogen and oxygen atoms in total. The molecule has 0 aromatic rings. The van der Waals surface area contributed by atoms with Crippen LogP contribution in [0.15, 0.2) is 0 Å². The highest BCUT2D eigenvalue weighted by molar-refractivity contribution is 5.81. The van der Waals surface area contributed by atoms with E-state index in [-0.39, 0.29) is 11.9 Å². The molecular weight excluding hydrogens is 178 g/mol. The van der Waals surface area contributed by atoms with Crippen molar-refractivity contribution in [3.63, 3.8) is 0 Å². The topological polar surface area (TPSA) is 44.4 Å². The summed E-state index contributed by atoms with van der Waals surface area (Å²) in [6.45, 7) is 5.94. The first kappa shape index (κ1) is 9.93. The zero-order chi connectivity index (χ0) is 9.97. The summed E-state index contributed by atoms with van der Waals surface area (Å²) >= 11 is 0. The van der Waals surface area contributed by atoms with Crippen LogP contribution < -0.4 is 10.6 Å². The minimum Gasteiger partial charge on any atom is -0.353 e. The minimum absolute atomic E-state index is 0.0474. The van der Waals surface area contributed by atoms with Gasteiger partial charge in [0.1, 0.15) is 0 Å². The molecule has 0 saturated carbocycles. The van der Waals surface area contributed by atoms with Crippen LogP contribution in [-0.4, -0.2) is 49.1 Å². The molecule has 1 amide bonds. The predicted molar refractivity (Wildman–Crippen MR) is 55.1 cm³/mol. The van der Waals surface area contributed by atoms with Gasteiger partial charge in [0, 0.05) is 25.7 Å². The highest BCUT2D eigenvalue weighted by atomic mass is 16.2. The van der Waals surface area contributed by atoms with E-state index in [0.717, 1.165) is 26.2 Å². The maximum atomic E-state index is 11.4. The lowest BCUT2D eigenvalue weighted by atomic mass is 10.1. The molecule has 2 heterocycles. The number of amides is 1. The van der Waals surface area contributed by atoms with E-state index in [1.165, 1.54) is 12.8 Å². The van der Waals surface area contributed by atoms with Gasteiger partial charge in [-0.05, 0) is 26.3 Å². The smallest absolute Gasteiger partial charge is 0.237 e. The normalized spacial score (nSPS) is 34.5. The lowest BCUT2D eigenvalue weighted by Gasteiger charge is -2.34. The first-order valence-electron chi connectivity index (χ1n) is 5.52. The van der Waals surface area contributed by atoms with Crippen molar-refractivity contribution in [3.8, 4) is 0 Å². The molecule has 4 heteroatoms. The Balaban J connectivity index is 1.86. The molecule has 2 N–H and O–H groups in total. The summed E-state index contributed by atoms with van der Waals surface area (Å²) < 4.78 is 0. The Hall–Kier alpha value is -0.610. The van der Waals surface area contributed by atoms with Crippen molar-refractivity contribution in [2.75, 3.05) is 26.2 Å². The molecule has 0 aliphatic carbocycles. The maximum absolute atomic E-state index is 11.4. The average molecular weight is 197 g/mol. The van der Waals surface area contributed by atoms with Crippen LogP contribution in [0.1, 0.15) is 19.8 Å². The van der Waals surface area contributed by atoms with Gasteiger partial charge in [-0.25, -0.2) is 0 Å². The fourth-order valence-corrected chi connectivity index (χ4v) is 2.27. The summed E-state index contributed by atoms with van der Waals surface area (Å²) in [6, 6.07) is 0.648. The van der Waals surface area contributed by atoms with Crippen LogP contribution in [0.25, 0.3) is 0 Å². The van der Waals surface area contributed by atoms with Gasteiger partial charge in [0.15, 0.2) is 0 Å². The molecule has 0 bridgehead atoms. The van der Waals surface area contributed by atoms with Crippen molar-refractivity contribution < 1.29 is 4.79 Å². The third-order valence-electron chi connectivity index (χ3n) is 3.24. The number of carbonyl (C=O) groups is 1. The van der Waals surface area contributed by atoms with Gasteiger partial charge in [0.2, 0.25) is 5.91 Å². The zero-order valence-electron chi connectivity index (χ0n) is 8.75. The number of piperazine rings is 1. The third-order valence-corrected chi connectivity index (χ3v) is 3.24. The summed E-state index contributed by atoms with van der Waals surface area (Å²) in [5.41, 5.74) is 0. The fraction of sp³-hybridized carbons (Fsp3) is 0.900. The number of carbonyl (C=O) groups excluding carboxylic acids is 1. The van der Waals surface area contributed by atoms with Gasteiger partial charge >= 0.3 is 0 Å². The molecule has 0 aromatic heterocycles. The molecule has 2 fully saturated rings. The predicted octanol–water partition coefficient (Wildman–Crippen LogP) is -0.441. The second kappa shape index (κ2) is 4.28. The van der Waals surface area contributed by atoms with Crippen molar-refractivity contribution in [1.29, 1.82) is 0 Å². The molecule has 1 unspecified atom stereocenters. The Bertz CT molecular complexity index is 213. The zero-order valence-corrected chi connectivity index (χ0v) is 8.75. The van der Waals surface area contributed by atoms with E-state index in [9.17, 15) is 4.79 Å². The molecule has 0 radical (unpaired) electrons. The first-order chi connectivity index (χ1) is 6.77. The quantitative estimate of drug-likeness (QED) is 0.631. The summed E-state index contributed by atoms with van der Waals surface area (Å²) in [4.78, 5) is 13.7. The van der Waals surface area contributed by atoms with E-state index in [1.54, 1.807) is 0 Å². The van der Waals surface area contributed by atoms with E-state index in [1.807, 2.05) is 6.92 Å². The van der Waals surface area contributed by atoms with E-state index >= 15 is 0 Å². The summed E-state index contributed by atoms with van der Waals surface area (Å²) in [5.74, 6) is 0.175. The van der Waals surface area contributed by atoms with Gasteiger partial charge < -0.3 is 10.6 Å². The summed E-state index contributed by atoms with van der Waals surface area (Å²) in [6.07, 6.45) is 2.53. The van der Waals surface area contributed by atoms with Crippen LogP contribution >= 0.6 is 0 Å². The van der Waals surface area contributed by atoms with Gasteiger partial charge in [-0.3, -0.25) is 9.69 Å². The van der Waals surface area contributed by atoms with Crippen LogP contribution in [0.5, 0.6) is 0 Å². The molecule has 14 heavy (non-hydrogen) atoms. The van der Waals surface area contributed by atoms with Crippen LogP contribution in [0.4, 0.5) is 0 Å².